The van der Waals surface area contributed by atoms with E-state index in [0.29, 0.717) is 31.1 Å². The van der Waals surface area contributed by atoms with Crippen molar-refractivity contribution < 1.29 is 19.7 Å². The number of rotatable bonds is 11. The van der Waals surface area contributed by atoms with Gasteiger partial charge in [-0.2, -0.15) is 0 Å². The fourth-order valence-corrected chi connectivity index (χ4v) is 9.51. The van der Waals surface area contributed by atoms with Crippen LogP contribution in [0.3, 0.4) is 0 Å². The van der Waals surface area contributed by atoms with Gasteiger partial charge in [0.25, 0.3) is 0 Å². The molecular formula is C64H60O4. The molecule has 4 heteroatoms. The molecule has 0 aromatic heterocycles. The van der Waals surface area contributed by atoms with Gasteiger partial charge in [0.1, 0.15) is 23.0 Å². The molecule has 0 heterocycles. The van der Waals surface area contributed by atoms with Crippen molar-refractivity contribution in [2.24, 2.45) is 0 Å². The summed E-state index contributed by atoms with van der Waals surface area (Å²) in [6.45, 7) is 15.8. The molecule has 0 aliphatic carbocycles. The molecule has 0 saturated heterocycles. The van der Waals surface area contributed by atoms with E-state index >= 15 is 0 Å². The second-order valence-corrected chi connectivity index (χ2v) is 18.7. The highest BCUT2D eigenvalue weighted by molar-refractivity contribution is 6.15. The summed E-state index contributed by atoms with van der Waals surface area (Å²) < 4.78 is 13.1. The number of benzene rings is 10. The molecule has 0 radical (unpaired) electrons. The minimum Gasteiger partial charge on any atom is -0.507 e. The van der Waals surface area contributed by atoms with Crippen LogP contribution in [0.15, 0.2) is 182 Å². The Hall–Kier alpha value is -7.56. The number of phenols is 2. The smallest absolute Gasteiger partial charge is 0.131 e. The maximum absolute atomic E-state index is 12.4. The van der Waals surface area contributed by atoms with E-state index in [2.05, 4.69) is 168 Å². The average Bonchev–Trinajstić information content (AvgIpc) is 3.35. The van der Waals surface area contributed by atoms with Crippen LogP contribution in [0.5, 0.6) is 23.0 Å². The van der Waals surface area contributed by atoms with Gasteiger partial charge in [-0.1, -0.05) is 182 Å². The Morgan fingerprint density at radius 2 is 0.750 bits per heavy atom. The third kappa shape index (κ3) is 8.75. The van der Waals surface area contributed by atoms with E-state index in [1.165, 1.54) is 0 Å². The molecule has 0 fully saturated rings. The standard InChI is InChI=1S/C62H54O4.C2H6/c1-39(2)44-35-52(60(63)54(36-44)58-46-23-10-6-19-40(46)33-41-20-7-11-24-47(41)58)50-27-14-16-29-56(50)65-31-18-32-66-57-30-17-15-28-51(57)53-37-45(62(3,4)5)38-55(61(53)64)59-48-25-12-8-21-42(48)34-43-22-9-13-26-49(43)59;1-2/h6-17,19-30,33-39,63-64H,18,31-32H2,1-5H3;1-2H3. The molecule has 0 aliphatic heterocycles. The minimum atomic E-state index is -0.195. The first kappa shape index (κ1) is 45.6. The number of fused-ring (bicyclic) bond motifs is 4. The monoisotopic (exact) mass is 892 g/mol. The molecule has 10 rings (SSSR count). The van der Waals surface area contributed by atoms with Crippen LogP contribution in [0.25, 0.3) is 87.6 Å². The largest absolute Gasteiger partial charge is 0.507 e. The summed E-state index contributed by atoms with van der Waals surface area (Å²) in [7, 11) is 0. The van der Waals surface area contributed by atoms with E-state index in [1.54, 1.807) is 0 Å². The van der Waals surface area contributed by atoms with Gasteiger partial charge >= 0.3 is 0 Å². The van der Waals surface area contributed by atoms with Crippen LogP contribution < -0.4 is 9.47 Å². The van der Waals surface area contributed by atoms with Gasteiger partial charge in [-0.05, 0) is 114 Å². The quantitative estimate of drug-likeness (QED) is 0.100. The summed E-state index contributed by atoms with van der Waals surface area (Å²) in [5, 5.41) is 33.7. The number of hydrogen-bond donors (Lipinski definition) is 2. The van der Waals surface area contributed by atoms with Gasteiger partial charge in [0.2, 0.25) is 0 Å². The van der Waals surface area contributed by atoms with Gasteiger partial charge < -0.3 is 19.7 Å². The van der Waals surface area contributed by atoms with Gasteiger partial charge in [0.15, 0.2) is 0 Å². The zero-order valence-electron chi connectivity index (χ0n) is 40.2. The van der Waals surface area contributed by atoms with E-state index in [1.807, 2.05) is 62.4 Å². The van der Waals surface area contributed by atoms with Gasteiger partial charge in [0.05, 0.1) is 13.2 Å². The Balaban J connectivity index is 0.00000285. The van der Waals surface area contributed by atoms with Gasteiger partial charge in [0, 0.05) is 50.9 Å². The second-order valence-electron chi connectivity index (χ2n) is 18.7. The van der Waals surface area contributed by atoms with Crippen LogP contribution in [0.2, 0.25) is 0 Å². The maximum Gasteiger partial charge on any atom is 0.131 e. The lowest BCUT2D eigenvalue weighted by atomic mass is 9.81. The SMILES string of the molecule is CC.CC(C)c1cc(-c2ccccc2OCCCOc2ccccc2-c2cc(C(C)(C)C)cc(-c3c4ccccc4cc4ccccc34)c2O)c(O)c(-c2c3ccccc3cc3ccccc23)c1. The zero-order valence-corrected chi connectivity index (χ0v) is 40.2. The van der Waals surface area contributed by atoms with Crippen LogP contribution in [0.4, 0.5) is 0 Å². The van der Waals surface area contributed by atoms with E-state index in [0.717, 1.165) is 98.7 Å². The van der Waals surface area contributed by atoms with E-state index in [4.69, 9.17) is 9.47 Å². The number of ether oxygens (including phenoxy) is 2. The van der Waals surface area contributed by atoms with Gasteiger partial charge in [-0.3, -0.25) is 0 Å². The van der Waals surface area contributed by atoms with Crippen molar-refractivity contribution in [1.29, 1.82) is 0 Å². The van der Waals surface area contributed by atoms with Crippen molar-refractivity contribution >= 4 is 43.1 Å². The van der Waals surface area contributed by atoms with Crippen LogP contribution in [0, 0.1) is 0 Å². The number of para-hydroxylation sites is 2. The van der Waals surface area contributed by atoms with Crippen LogP contribution in [-0.2, 0) is 5.41 Å². The molecule has 0 bridgehead atoms. The number of hydrogen-bond acceptors (Lipinski definition) is 4. The molecule has 0 saturated carbocycles. The topological polar surface area (TPSA) is 58.9 Å². The van der Waals surface area contributed by atoms with Crippen molar-refractivity contribution in [3.05, 3.63) is 193 Å². The van der Waals surface area contributed by atoms with Crippen molar-refractivity contribution in [2.45, 2.75) is 66.2 Å². The van der Waals surface area contributed by atoms with Crippen molar-refractivity contribution in [3.63, 3.8) is 0 Å². The minimum absolute atomic E-state index is 0.195. The Bertz CT molecular complexity index is 3340. The van der Waals surface area contributed by atoms with E-state index < -0.39 is 0 Å². The summed E-state index contributed by atoms with van der Waals surface area (Å²) in [6.07, 6.45) is 0.606. The van der Waals surface area contributed by atoms with Crippen molar-refractivity contribution in [1.82, 2.24) is 0 Å². The Morgan fingerprint density at radius 1 is 0.412 bits per heavy atom. The zero-order chi connectivity index (χ0) is 47.5. The molecule has 0 unspecified atom stereocenters. The molecule has 0 aliphatic rings. The summed E-state index contributed by atoms with van der Waals surface area (Å²) in [6, 6.07) is 62.6. The molecule has 0 spiro atoms. The highest BCUT2D eigenvalue weighted by atomic mass is 16.5. The fraction of sp³-hybridized carbons (Fsp3) is 0.188. The molecular weight excluding hydrogens is 833 g/mol. The van der Waals surface area contributed by atoms with Gasteiger partial charge in [-0.15, -0.1) is 0 Å². The van der Waals surface area contributed by atoms with Crippen molar-refractivity contribution in [3.8, 4) is 67.5 Å². The highest BCUT2D eigenvalue weighted by Crippen LogP contribution is 2.50. The predicted octanol–water partition coefficient (Wildman–Crippen LogP) is 17.7. The molecule has 68 heavy (non-hydrogen) atoms. The maximum atomic E-state index is 12.4. The molecule has 0 amide bonds. The van der Waals surface area contributed by atoms with Crippen LogP contribution in [-0.4, -0.2) is 23.4 Å². The molecule has 4 nitrogen and oxygen atoms in total. The van der Waals surface area contributed by atoms with Crippen LogP contribution >= 0.6 is 0 Å². The second kappa shape index (κ2) is 19.3. The number of phenolic OH excluding ortho intramolecular Hbond substituents is 2. The predicted molar refractivity (Wildman–Crippen MR) is 288 cm³/mol. The first-order valence-electron chi connectivity index (χ1n) is 24.1. The Morgan fingerprint density at radius 3 is 1.16 bits per heavy atom. The summed E-state index contributed by atoms with van der Waals surface area (Å²) in [5.41, 5.74) is 8.84. The lowest BCUT2D eigenvalue weighted by Crippen LogP contribution is -2.11. The molecule has 0 atom stereocenters. The van der Waals surface area contributed by atoms with Crippen LogP contribution in [0.1, 0.15) is 71.9 Å². The molecule has 10 aromatic rings. The average molecular weight is 893 g/mol. The molecule has 2 N–H and O–H groups in total. The fourth-order valence-electron chi connectivity index (χ4n) is 9.51. The highest BCUT2D eigenvalue weighted by Gasteiger charge is 2.25. The molecule has 10 aromatic carbocycles. The first-order valence-corrected chi connectivity index (χ1v) is 24.1. The van der Waals surface area contributed by atoms with Crippen molar-refractivity contribution in [2.75, 3.05) is 13.2 Å². The molecule has 340 valence electrons. The summed E-state index contributed by atoms with van der Waals surface area (Å²) in [5.74, 6) is 2.06. The Kier molecular flexibility index (Phi) is 13.0. The summed E-state index contributed by atoms with van der Waals surface area (Å²) >= 11 is 0. The Labute approximate surface area is 401 Å². The van der Waals surface area contributed by atoms with Gasteiger partial charge in [-0.25, -0.2) is 0 Å². The third-order valence-corrected chi connectivity index (χ3v) is 13.0. The van der Waals surface area contributed by atoms with E-state index in [-0.39, 0.29) is 22.8 Å². The lowest BCUT2D eigenvalue weighted by molar-refractivity contribution is 0.248. The lowest BCUT2D eigenvalue weighted by Gasteiger charge is -2.24. The first-order chi connectivity index (χ1) is 33.0. The third-order valence-electron chi connectivity index (χ3n) is 13.0. The number of aromatic hydroxyl groups is 2. The summed E-state index contributed by atoms with van der Waals surface area (Å²) in [4.78, 5) is 0. The normalized spacial score (nSPS) is 11.6. The van der Waals surface area contributed by atoms with E-state index in [9.17, 15) is 10.2 Å².